The number of amides is 2. The van der Waals surface area contributed by atoms with Crippen molar-refractivity contribution in [3.8, 4) is 0 Å². The van der Waals surface area contributed by atoms with Crippen LogP contribution in [0.4, 0.5) is 0 Å². The van der Waals surface area contributed by atoms with Crippen LogP contribution >= 0.6 is 0 Å². The fourth-order valence-electron chi connectivity index (χ4n) is 6.52. The molecule has 0 saturated carbocycles. The van der Waals surface area contributed by atoms with Crippen LogP contribution in [0.5, 0.6) is 0 Å². The summed E-state index contributed by atoms with van der Waals surface area (Å²) in [6.45, 7) is -2.23. The Morgan fingerprint density at radius 1 is 0.541 bits per heavy atom. The Hall–Kier alpha value is -0.000000000000000444. The van der Waals surface area contributed by atoms with Crippen LogP contribution in [0.1, 0.15) is 13.8 Å². The largest absolute Gasteiger partial charge is 1.00 e. The Labute approximate surface area is 390 Å². The Morgan fingerprint density at radius 3 is 1.33 bits per heavy atom. The maximum absolute atomic E-state index is 12.4. The van der Waals surface area contributed by atoms with Crippen molar-refractivity contribution in [1.29, 1.82) is 0 Å². The monoisotopic (exact) mass is 952 g/mol. The normalized spacial score (nSPS) is 42.1. The first-order valence-electron chi connectivity index (χ1n) is 17.4. The van der Waals surface area contributed by atoms with E-state index in [2.05, 4.69) is 19.0 Å². The van der Waals surface area contributed by atoms with Crippen LogP contribution in [-0.4, -0.2) is 238 Å². The second-order valence-electron chi connectivity index (χ2n) is 13.7. The average Bonchev–Trinajstić information content (AvgIpc) is 3.13. The van der Waals surface area contributed by atoms with Gasteiger partial charge in [0.2, 0.25) is 32.6 Å². The van der Waals surface area contributed by atoms with Gasteiger partial charge in [0.05, 0.1) is 26.4 Å². The van der Waals surface area contributed by atoms with Crippen LogP contribution in [0, 0.1) is 0 Å². The number of nitrogens with one attached hydrogen (secondary N) is 2. The van der Waals surface area contributed by atoms with Crippen molar-refractivity contribution in [3.63, 3.8) is 0 Å². The standard InChI is InChI=1S/C28H48N2O27S2.2Na/c1-7(32)29-13-23(56-27-21(40)19(38)15(34)11(54-27)5-50-58(43,44)45)18(37)10(52-25(13)42)4-49-26-14(30-8(2)33)24(17(36)9(3-31)53-26)57-28-22(41)20(39)16(35)12(55-28)6-51-59(46,47)48;;/h9-28,31,34-42H,3-6H2,1-2H3,(H,29,32)(H,30,33)(H,43,44,45)(H,46,47,48);;/q;2*+1/p-2/t9-,10-,11-,12-,13-,14-,15-,16-,17+,18+,19+,20+,21-,22-,23-,24-,25-,26-,27+,28+;;/m1../s1. The summed E-state index contributed by atoms with van der Waals surface area (Å²) in [5.74, 6) is -1.66. The maximum atomic E-state index is 12.4. The minimum absolute atomic E-state index is 0. The van der Waals surface area contributed by atoms with Gasteiger partial charge < -0.3 is 104 Å². The van der Waals surface area contributed by atoms with Crippen molar-refractivity contribution in [2.45, 2.75) is 137 Å². The van der Waals surface area contributed by atoms with E-state index in [4.69, 9.17) is 33.2 Å². The zero-order chi connectivity index (χ0) is 44.3. The topological polar surface area (TPSA) is 458 Å². The van der Waals surface area contributed by atoms with E-state index in [9.17, 15) is 86.6 Å². The quantitative estimate of drug-likeness (QED) is 0.0388. The third-order valence-corrected chi connectivity index (χ3v) is 10.2. The molecular weight excluding hydrogens is 906 g/mol. The number of carbonyl (C=O) groups is 2. The summed E-state index contributed by atoms with van der Waals surface area (Å²) in [6, 6.07) is -3.37. The van der Waals surface area contributed by atoms with Gasteiger partial charge in [-0.25, -0.2) is 16.8 Å². The molecule has 0 unspecified atom stereocenters. The predicted octanol–water partition coefficient (Wildman–Crippen LogP) is -16.5. The van der Waals surface area contributed by atoms with E-state index in [-0.39, 0.29) is 59.1 Å². The average molecular weight is 953 g/mol. The number of carbonyl (C=O) groups excluding carboxylic acids is 2. The van der Waals surface area contributed by atoms with Crippen LogP contribution in [0.2, 0.25) is 0 Å². The van der Waals surface area contributed by atoms with Gasteiger partial charge in [-0.1, -0.05) is 0 Å². The first kappa shape index (κ1) is 57.1. The molecule has 2 amide bonds. The molecule has 0 radical (unpaired) electrons. The van der Waals surface area contributed by atoms with Gasteiger partial charge in [-0.3, -0.25) is 18.0 Å². The number of ether oxygens (including phenoxy) is 7. The fourth-order valence-corrected chi connectivity index (χ4v) is 7.12. The Morgan fingerprint density at radius 2 is 0.918 bits per heavy atom. The summed E-state index contributed by atoms with van der Waals surface area (Å²) in [4.78, 5) is 24.4. The molecule has 12 N–H and O–H groups in total. The summed E-state index contributed by atoms with van der Waals surface area (Å²) < 4.78 is 113. The molecule has 0 spiro atoms. The molecule has 4 fully saturated rings. The second kappa shape index (κ2) is 24.1. The van der Waals surface area contributed by atoms with Gasteiger partial charge in [-0.2, -0.15) is 0 Å². The van der Waals surface area contributed by atoms with Crippen molar-refractivity contribution in [3.05, 3.63) is 0 Å². The minimum Gasteiger partial charge on any atom is -0.726 e. The molecule has 344 valence electrons. The van der Waals surface area contributed by atoms with E-state index in [0.29, 0.717) is 0 Å². The summed E-state index contributed by atoms with van der Waals surface area (Å²) in [6.07, 6.45) is -35.5. The molecule has 33 heteroatoms. The summed E-state index contributed by atoms with van der Waals surface area (Å²) in [7, 11) is -10.7. The van der Waals surface area contributed by atoms with E-state index in [1.54, 1.807) is 0 Å². The van der Waals surface area contributed by atoms with Crippen LogP contribution in [0.25, 0.3) is 0 Å². The Balaban J connectivity index is 0.00000641. The molecule has 29 nitrogen and oxygen atoms in total. The number of hydrogen-bond acceptors (Lipinski definition) is 27. The van der Waals surface area contributed by atoms with Crippen molar-refractivity contribution in [2.24, 2.45) is 0 Å². The van der Waals surface area contributed by atoms with Gasteiger partial charge in [-0.05, 0) is 0 Å². The predicted molar refractivity (Wildman–Crippen MR) is 174 cm³/mol. The van der Waals surface area contributed by atoms with Gasteiger partial charge in [0.1, 0.15) is 97.5 Å². The van der Waals surface area contributed by atoms with E-state index in [1.165, 1.54) is 0 Å². The van der Waals surface area contributed by atoms with Gasteiger partial charge in [0.15, 0.2) is 25.2 Å². The molecule has 4 aliphatic rings. The molecule has 0 aliphatic carbocycles. The molecule has 4 aliphatic heterocycles. The number of aliphatic hydroxyl groups excluding tert-OH is 10. The number of rotatable bonds is 16. The van der Waals surface area contributed by atoms with Crippen LogP contribution in [0.15, 0.2) is 0 Å². The van der Waals surface area contributed by atoms with Gasteiger partial charge in [0, 0.05) is 13.8 Å². The molecule has 0 aromatic carbocycles. The molecule has 61 heavy (non-hydrogen) atoms. The third kappa shape index (κ3) is 15.3. The molecule has 0 aromatic heterocycles. The maximum Gasteiger partial charge on any atom is 1.00 e. The Bertz CT molecular complexity index is 1640. The van der Waals surface area contributed by atoms with Crippen molar-refractivity contribution in [2.75, 3.05) is 26.4 Å². The number of hydrogen-bond donors (Lipinski definition) is 12. The van der Waals surface area contributed by atoms with Crippen molar-refractivity contribution in [1.82, 2.24) is 10.6 Å². The molecule has 4 saturated heterocycles. The van der Waals surface area contributed by atoms with Crippen LogP contribution in [0.3, 0.4) is 0 Å². The van der Waals surface area contributed by atoms with Crippen LogP contribution in [-0.2, 0) is 71.9 Å². The minimum atomic E-state index is -5.34. The van der Waals surface area contributed by atoms with E-state index in [0.717, 1.165) is 13.8 Å². The molecule has 0 aromatic rings. The van der Waals surface area contributed by atoms with E-state index < -0.39 is 182 Å². The first-order valence-corrected chi connectivity index (χ1v) is 20.0. The molecule has 20 atom stereocenters. The summed E-state index contributed by atoms with van der Waals surface area (Å²) in [5, 5.41) is 111. The van der Waals surface area contributed by atoms with Crippen molar-refractivity contribution >= 4 is 32.6 Å². The number of aliphatic hydroxyl groups is 10. The summed E-state index contributed by atoms with van der Waals surface area (Å²) in [5.41, 5.74) is 0. The molecular formula is C28H46N2Na2O27S2. The second-order valence-corrected chi connectivity index (χ2v) is 15.8. The van der Waals surface area contributed by atoms with Gasteiger partial charge >= 0.3 is 59.1 Å². The third-order valence-electron chi connectivity index (χ3n) is 9.38. The molecule has 0 bridgehead atoms. The van der Waals surface area contributed by atoms with Gasteiger partial charge in [-0.15, -0.1) is 0 Å². The van der Waals surface area contributed by atoms with Crippen LogP contribution < -0.4 is 69.7 Å². The van der Waals surface area contributed by atoms with Crippen molar-refractivity contribution < 1.29 is 187 Å². The Kier molecular flexibility index (Phi) is 22.6. The fraction of sp³-hybridized carbons (Fsp3) is 0.929. The molecule has 4 heterocycles. The zero-order valence-electron chi connectivity index (χ0n) is 32.6. The zero-order valence-corrected chi connectivity index (χ0v) is 38.2. The summed E-state index contributed by atoms with van der Waals surface area (Å²) >= 11 is 0. The SMILES string of the molecule is CC(=O)N[C@@H]1[C@@H](O[C@@H]2O[C@H](COS(=O)(=O)[O-])[C@@H](O)[C@H](O)[C@H]2O)[C@@H](O)[C@@H](CO[C@@H]2O[C@H](CO)[C@H](O)[C@H](O[C@@H]3O[C@H](COS(=O)(=O)[O-])[C@@H](O)[C@H](O)[C@H]3O)[C@H]2NC(C)=O)O[C@H]1O.[Na+].[Na+]. The van der Waals surface area contributed by atoms with E-state index in [1.807, 2.05) is 0 Å². The smallest absolute Gasteiger partial charge is 0.726 e. The first-order chi connectivity index (χ1) is 27.3. The van der Waals surface area contributed by atoms with Gasteiger partial charge in [0.25, 0.3) is 0 Å². The van der Waals surface area contributed by atoms with E-state index >= 15 is 0 Å². The molecule has 4 rings (SSSR count).